The summed E-state index contributed by atoms with van der Waals surface area (Å²) in [5.41, 5.74) is 0.397. The molecule has 1 rings (SSSR count). The van der Waals surface area contributed by atoms with E-state index in [1.54, 1.807) is 24.3 Å². The van der Waals surface area contributed by atoms with Crippen LogP contribution in [0.4, 0.5) is 0 Å². The van der Waals surface area contributed by atoms with E-state index in [0.29, 0.717) is 30.1 Å². The monoisotopic (exact) mass is 268 g/mol. The first-order chi connectivity index (χ1) is 9.11. The summed E-state index contributed by atoms with van der Waals surface area (Å²) in [6.07, 6.45) is 2.02. The van der Waals surface area contributed by atoms with Crippen LogP contribution in [0.2, 0.25) is 0 Å². The Morgan fingerprint density at radius 1 is 1.00 bits per heavy atom. The van der Waals surface area contributed by atoms with Gasteiger partial charge in [0.2, 0.25) is 0 Å². The van der Waals surface area contributed by atoms with E-state index >= 15 is 0 Å². The minimum absolute atomic E-state index is 0.156. The molecule has 0 aliphatic rings. The lowest BCUT2D eigenvalue weighted by atomic mass is 9.88. The van der Waals surface area contributed by atoms with E-state index in [1.807, 2.05) is 6.92 Å². The Balaban J connectivity index is 0.000000344. The molecule has 5 heteroatoms. The zero-order valence-electron chi connectivity index (χ0n) is 11.0. The molecule has 1 aromatic rings. The Labute approximate surface area is 112 Å². The topological polar surface area (TPSA) is 94.8 Å². The van der Waals surface area contributed by atoms with Crippen LogP contribution >= 0.6 is 0 Å². The smallest absolute Gasteiger partial charge is 0.150 e. The molecule has 1 aromatic carbocycles. The molecular formula is C14H20O5. The van der Waals surface area contributed by atoms with E-state index in [4.69, 9.17) is 15.3 Å². The maximum atomic E-state index is 10.2. The van der Waals surface area contributed by atoms with Crippen LogP contribution in [0.3, 0.4) is 0 Å². The molecule has 5 nitrogen and oxygen atoms in total. The van der Waals surface area contributed by atoms with Crippen molar-refractivity contribution < 1.29 is 24.9 Å². The molecule has 0 radical (unpaired) electrons. The Morgan fingerprint density at radius 2 is 1.42 bits per heavy atom. The number of carbonyl (C=O) groups is 2. The molecular weight excluding hydrogens is 248 g/mol. The fourth-order valence-corrected chi connectivity index (χ4v) is 1.19. The molecule has 0 bridgehead atoms. The third kappa shape index (κ3) is 5.74. The highest BCUT2D eigenvalue weighted by Gasteiger charge is 2.24. The molecule has 0 atom stereocenters. The Kier molecular flexibility index (Phi) is 8.61. The van der Waals surface area contributed by atoms with Gasteiger partial charge in [0.25, 0.3) is 0 Å². The second-order valence-corrected chi connectivity index (χ2v) is 4.23. The molecule has 3 N–H and O–H groups in total. The van der Waals surface area contributed by atoms with Crippen LogP contribution < -0.4 is 0 Å². The molecule has 0 aromatic heterocycles. The summed E-state index contributed by atoms with van der Waals surface area (Å²) in [6, 6.07) is 6.52. The van der Waals surface area contributed by atoms with Gasteiger partial charge in [-0.1, -0.05) is 25.1 Å². The van der Waals surface area contributed by atoms with E-state index in [2.05, 4.69) is 0 Å². The van der Waals surface area contributed by atoms with E-state index in [9.17, 15) is 9.59 Å². The maximum absolute atomic E-state index is 10.2. The first kappa shape index (κ1) is 17.4. The predicted molar refractivity (Wildman–Crippen MR) is 71.2 cm³/mol. The van der Waals surface area contributed by atoms with E-state index in [1.165, 1.54) is 0 Å². The summed E-state index contributed by atoms with van der Waals surface area (Å²) >= 11 is 0. The lowest BCUT2D eigenvalue weighted by Gasteiger charge is -2.24. The van der Waals surface area contributed by atoms with Gasteiger partial charge >= 0.3 is 0 Å². The number of aliphatic hydroxyl groups is 3. The van der Waals surface area contributed by atoms with Gasteiger partial charge < -0.3 is 15.3 Å². The van der Waals surface area contributed by atoms with Crippen molar-refractivity contribution in [1.82, 2.24) is 0 Å². The highest BCUT2D eigenvalue weighted by Crippen LogP contribution is 2.18. The van der Waals surface area contributed by atoms with Crippen molar-refractivity contribution in [2.24, 2.45) is 5.41 Å². The molecule has 0 spiro atoms. The lowest BCUT2D eigenvalue weighted by Crippen LogP contribution is -2.32. The van der Waals surface area contributed by atoms with Gasteiger partial charge in [0.1, 0.15) is 12.6 Å². The largest absolute Gasteiger partial charge is 0.396 e. The first-order valence-corrected chi connectivity index (χ1v) is 5.94. The van der Waals surface area contributed by atoms with Crippen molar-refractivity contribution in [2.75, 3.05) is 19.8 Å². The van der Waals surface area contributed by atoms with Gasteiger partial charge in [0, 0.05) is 16.5 Å². The van der Waals surface area contributed by atoms with Crippen LogP contribution in [0.15, 0.2) is 24.3 Å². The number of benzene rings is 1. The van der Waals surface area contributed by atoms with Gasteiger partial charge in [-0.2, -0.15) is 0 Å². The molecule has 0 unspecified atom stereocenters. The number of rotatable bonds is 6. The number of hydrogen-bond donors (Lipinski definition) is 3. The summed E-state index contributed by atoms with van der Waals surface area (Å²) in [5, 5.41) is 26.0. The van der Waals surface area contributed by atoms with Crippen molar-refractivity contribution >= 4 is 12.6 Å². The minimum atomic E-state index is -0.667. The third-order valence-electron chi connectivity index (χ3n) is 2.94. The van der Waals surface area contributed by atoms with Crippen LogP contribution in [0.1, 0.15) is 34.1 Å². The van der Waals surface area contributed by atoms with Crippen LogP contribution in [-0.4, -0.2) is 47.7 Å². The maximum Gasteiger partial charge on any atom is 0.150 e. The molecule has 0 aliphatic carbocycles. The fourth-order valence-electron chi connectivity index (χ4n) is 1.19. The first-order valence-electron chi connectivity index (χ1n) is 5.94. The standard InChI is InChI=1S/C8H6O2.C6H14O3/c9-5-7-2-1-3-8(4-7)6-10;1-2-6(3-7,4-8)5-9/h1-6H;7-9H,2-5H2,1H3. The summed E-state index contributed by atoms with van der Waals surface area (Å²) in [4.78, 5) is 20.3. The predicted octanol–water partition coefficient (Wildman–Crippen LogP) is 0.671. The van der Waals surface area contributed by atoms with Gasteiger partial charge in [0.05, 0.1) is 19.8 Å². The molecule has 0 fully saturated rings. The molecule has 0 amide bonds. The SMILES string of the molecule is CCC(CO)(CO)CO.O=Cc1cccc(C=O)c1. The number of hydrogen-bond acceptors (Lipinski definition) is 5. The quantitative estimate of drug-likeness (QED) is 0.659. The number of aldehydes is 2. The molecule has 0 heterocycles. The van der Waals surface area contributed by atoms with Crippen LogP contribution in [-0.2, 0) is 0 Å². The van der Waals surface area contributed by atoms with Crippen molar-refractivity contribution in [3.63, 3.8) is 0 Å². The Morgan fingerprint density at radius 3 is 1.63 bits per heavy atom. The molecule has 0 aliphatic heterocycles. The van der Waals surface area contributed by atoms with Crippen molar-refractivity contribution in [2.45, 2.75) is 13.3 Å². The summed E-state index contributed by atoms with van der Waals surface area (Å²) < 4.78 is 0. The summed E-state index contributed by atoms with van der Waals surface area (Å²) in [6.45, 7) is 1.35. The molecule has 106 valence electrons. The minimum Gasteiger partial charge on any atom is -0.396 e. The van der Waals surface area contributed by atoms with Crippen molar-refractivity contribution in [3.05, 3.63) is 35.4 Å². The molecule has 19 heavy (non-hydrogen) atoms. The Bertz CT molecular complexity index is 344. The van der Waals surface area contributed by atoms with Crippen LogP contribution in [0, 0.1) is 5.41 Å². The van der Waals surface area contributed by atoms with Gasteiger partial charge in [-0.3, -0.25) is 9.59 Å². The second kappa shape index (κ2) is 9.38. The summed E-state index contributed by atoms with van der Waals surface area (Å²) in [5.74, 6) is 0. The van der Waals surface area contributed by atoms with Crippen LogP contribution in [0.25, 0.3) is 0 Å². The fraction of sp³-hybridized carbons (Fsp3) is 0.429. The summed E-state index contributed by atoms with van der Waals surface area (Å²) in [7, 11) is 0. The van der Waals surface area contributed by atoms with Gasteiger partial charge in [-0.05, 0) is 12.5 Å². The van der Waals surface area contributed by atoms with E-state index < -0.39 is 5.41 Å². The number of aliphatic hydroxyl groups excluding tert-OH is 3. The van der Waals surface area contributed by atoms with Gasteiger partial charge in [-0.15, -0.1) is 0 Å². The van der Waals surface area contributed by atoms with Crippen LogP contribution in [0.5, 0.6) is 0 Å². The van der Waals surface area contributed by atoms with Crippen molar-refractivity contribution in [1.29, 1.82) is 0 Å². The van der Waals surface area contributed by atoms with E-state index in [0.717, 1.165) is 0 Å². The normalized spacial score (nSPS) is 10.3. The lowest BCUT2D eigenvalue weighted by molar-refractivity contribution is 0.00304. The van der Waals surface area contributed by atoms with E-state index in [-0.39, 0.29) is 19.8 Å². The second-order valence-electron chi connectivity index (χ2n) is 4.23. The highest BCUT2D eigenvalue weighted by atomic mass is 16.3. The zero-order chi connectivity index (χ0) is 14.7. The average Bonchev–Trinajstić information content (AvgIpc) is 2.51. The number of carbonyl (C=O) groups excluding carboxylic acids is 2. The van der Waals surface area contributed by atoms with Gasteiger partial charge in [-0.25, -0.2) is 0 Å². The average molecular weight is 268 g/mol. The Hall–Kier alpha value is -1.56. The molecule has 0 saturated carbocycles. The zero-order valence-corrected chi connectivity index (χ0v) is 11.0. The highest BCUT2D eigenvalue weighted by molar-refractivity contribution is 5.81. The van der Waals surface area contributed by atoms with Gasteiger partial charge in [0.15, 0.2) is 0 Å². The molecule has 0 saturated heterocycles. The third-order valence-corrected chi connectivity index (χ3v) is 2.94. The van der Waals surface area contributed by atoms with Crippen molar-refractivity contribution in [3.8, 4) is 0 Å².